The molecule has 1 aromatic carbocycles. The Hall–Kier alpha value is -1.83. The van der Waals surface area contributed by atoms with Crippen molar-refractivity contribution in [2.24, 2.45) is 5.73 Å². The second-order valence-electron chi connectivity index (χ2n) is 3.60. The minimum absolute atomic E-state index is 0.230. The van der Waals surface area contributed by atoms with Crippen LogP contribution in [-0.4, -0.2) is 9.78 Å². The zero-order chi connectivity index (χ0) is 12.3. The van der Waals surface area contributed by atoms with E-state index in [1.54, 1.807) is 17.1 Å². The second-order valence-corrected chi connectivity index (χ2v) is 4.01. The standard InChI is InChI=1S/C12H11ClN4/c13-12-2-1-9(6-15)5-11(12)10-7-16-17(8-10)4-3-14/h1-2,5,7-8H,4,6,15H2. The monoisotopic (exact) mass is 246 g/mol. The number of benzene rings is 1. The van der Waals surface area contributed by atoms with E-state index >= 15 is 0 Å². The normalized spacial score (nSPS) is 10.2. The molecule has 0 spiro atoms. The Balaban J connectivity index is 2.41. The molecular formula is C12H11ClN4. The van der Waals surface area contributed by atoms with Gasteiger partial charge in [-0.3, -0.25) is 4.68 Å². The van der Waals surface area contributed by atoms with Crippen molar-refractivity contribution in [1.82, 2.24) is 9.78 Å². The Morgan fingerprint density at radius 2 is 2.29 bits per heavy atom. The first-order chi connectivity index (χ1) is 8.24. The summed E-state index contributed by atoms with van der Waals surface area (Å²) in [5.41, 5.74) is 8.38. The highest BCUT2D eigenvalue weighted by molar-refractivity contribution is 6.33. The molecule has 0 amide bonds. The third kappa shape index (κ3) is 2.47. The fraction of sp³-hybridized carbons (Fsp3) is 0.167. The van der Waals surface area contributed by atoms with Gasteiger partial charge in [-0.2, -0.15) is 10.4 Å². The highest BCUT2D eigenvalue weighted by atomic mass is 35.5. The first kappa shape index (κ1) is 11.6. The Labute approximate surface area is 104 Å². The van der Waals surface area contributed by atoms with E-state index in [4.69, 9.17) is 22.6 Å². The second kappa shape index (κ2) is 5.00. The molecule has 0 aliphatic rings. The molecule has 0 aliphatic carbocycles. The molecule has 4 nitrogen and oxygen atoms in total. The first-order valence-corrected chi connectivity index (χ1v) is 5.50. The molecule has 0 saturated heterocycles. The number of nitriles is 1. The Morgan fingerprint density at radius 1 is 1.47 bits per heavy atom. The van der Waals surface area contributed by atoms with E-state index in [0.29, 0.717) is 11.6 Å². The molecule has 5 heteroatoms. The van der Waals surface area contributed by atoms with Crippen LogP contribution in [0.2, 0.25) is 5.02 Å². The van der Waals surface area contributed by atoms with Crippen molar-refractivity contribution in [3.63, 3.8) is 0 Å². The molecule has 0 bridgehead atoms. The summed E-state index contributed by atoms with van der Waals surface area (Å²) in [6.07, 6.45) is 3.49. The van der Waals surface area contributed by atoms with Crippen LogP contribution < -0.4 is 5.73 Å². The number of rotatable bonds is 3. The van der Waals surface area contributed by atoms with Crippen molar-refractivity contribution in [1.29, 1.82) is 5.26 Å². The summed E-state index contributed by atoms with van der Waals surface area (Å²) in [6.45, 7) is 0.699. The molecule has 0 saturated carbocycles. The van der Waals surface area contributed by atoms with Gasteiger partial charge in [0.2, 0.25) is 0 Å². The van der Waals surface area contributed by atoms with E-state index < -0.39 is 0 Å². The van der Waals surface area contributed by atoms with E-state index in [1.807, 2.05) is 24.3 Å². The van der Waals surface area contributed by atoms with Crippen LogP contribution in [0.4, 0.5) is 0 Å². The van der Waals surface area contributed by atoms with Gasteiger partial charge in [-0.1, -0.05) is 17.7 Å². The lowest BCUT2D eigenvalue weighted by Gasteiger charge is -2.04. The van der Waals surface area contributed by atoms with Gasteiger partial charge in [-0.05, 0) is 17.7 Å². The van der Waals surface area contributed by atoms with Crippen LogP contribution in [0.1, 0.15) is 5.56 Å². The number of hydrogen-bond donors (Lipinski definition) is 1. The molecule has 2 aromatic rings. The van der Waals surface area contributed by atoms with Gasteiger partial charge in [0.25, 0.3) is 0 Å². The molecule has 2 rings (SSSR count). The predicted octanol–water partition coefficient (Wildman–Crippen LogP) is 2.19. The van der Waals surface area contributed by atoms with Crippen molar-refractivity contribution in [2.75, 3.05) is 0 Å². The van der Waals surface area contributed by atoms with Gasteiger partial charge < -0.3 is 5.73 Å². The van der Waals surface area contributed by atoms with E-state index in [1.165, 1.54) is 0 Å². The van der Waals surface area contributed by atoms with Gasteiger partial charge in [-0.25, -0.2) is 0 Å². The van der Waals surface area contributed by atoms with Crippen LogP contribution in [0, 0.1) is 11.3 Å². The zero-order valence-corrected chi connectivity index (χ0v) is 9.85. The molecule has 0 aliphatic heterocycles. The van der Waals surface area contributed by atoms with Crippen LogP contribution in [0.25, 0.3) is 11.1 Å². The number of hydrogen-bond acceptors (Lipinski definition) is 3. The number of halogens is 1. The SMILES string of the molecule is N#CCn1cc(-c2cc(CN)ccc2Cl)cn1. The topological polar surface area (TPSA) is 67.6 Å². The van der Waals surface area contributed by atoms with Gasteiger partial charge in [0.15, 0.2) is 0 Å². The van der Waals surface area contributed by atoms with E-state index in [0.717, 1.165) is 16.7 Å². The van der Waals surface area contributed by atoms with Crippen molar-refractivity contribution in [2.45, 2.75) is 13.1 Å². The Bertz CT molecular complexity index is 568. The molecule has 0 radical (unpaired) electrons. The summed E-state index contributed by atoms with van der Waals surface area (Å²) in [5.74, 6) is 0. The lowest BCUT2D eigenvalue weighted by atomic mass is 10.1. The minimum atomic E-state index is 0.230. The fourth-order valence-electron chi connectivity index (χ4n) is 1.58. The molecule has 1 heterocycles. The average Bonchev–Trinajstić information content (AvgIpc) is 2.79. The largest absolute Gasteiger partial charge is 0.326 e. The third-order valence-corrected chi connectivity index (χ3v) is 2.77. The van der Waals surface area contributed by atoms with Crippen LogP contribution in [-0.2, 0) is 13.1 Å². The molecule has 0 atom stereocenters. The maximum atomic E-state index is 8.58. The minimum Gasteiger partial charge on any atom is -0.326 e. The lowest BCUT2D eigenvalue weighted by Crippen LogP contribution is -1.96. The van der Waals surface area contributed by atoms with Gasteiger partial charge in [0.1, 0.15) is 6.54 Å². The van der Waals surface area contributed by atoms with Crippen LogP contribution in [0.3, 0.4) is 0 Å². The van der Waals surface area contributed by atoms with Gasteiger partial charge in [0.05, 0.1) is 12.3 Å². The van der Waals surface area contributed by atoms with E-state index in [2.05, 4.69) is 5.10 Å². The first-order valence-electron chi connectivity index (χ1n) is 5.13. The zero-order valence-electron chi connectivity index (χ0n) is 9.10. The maximum Gasteiger partial charge on any atom is 0.128 e. The summed E-state index contributed by atoms with van der Waals surface area (Å²) in [5, 5.41) is 13.3. The van der Waals surface area contributed by atoms with Crippen molar-refractivity contribution < 1.29 is 0 Å². The molecule has 86 valence electrons. The van der Waals surface area contributed by atoms with Crippen molar-refractivity contribution >= 4 is 11.6 Å². The molecule has 0 unspecified atom stereocenters. The maximum absolute atomic E-state index is 8.58. The Kier molecular flexibility index (Phi) is 3.43. The quantitative estimate of drug-likeness (QED) is 0.903. The summed E-state index contributed by atoms with van der Waals surface area (Å²) < 4.78 is 1.57. The van der Waals surface area contributed by atoms with Crippen LogP contribution in [0.5, 0.6) is 0 Å². The summed E-state index contributed by atoms with van der Waals surface area (Å²) in [7, 11) is 0. The number of nitrogens with two attached hydrogens (primary N) is 1. The third-order valence-electron chi connectivity index (χ3n) is 2.44. The number of nitrogens with zero attached hydrogens (tertiary/aromatic N) is 3. The van der Waals surface area contributed by atoms with Crippen LogP contribution >= 0.6 is 11.6 Å². The van der Waals surface area contributed by atoms with Crippen molar-refractivity contribution in [3.05, 3.63) is 41.2 Å². The van der Waals surface area contributed by atoms with E-state index in [-0.39, 0.29) is 6.54 Å². The predicted molar refractivity (Wildman–Crippen MR) is 66.2 cm³/mol. The van der Waals surface area contributed by atoms with Gasteiger partial charge in [-0.15, -0.1) is 0 Å². The summed E-state index contributed by atoms with van der Waals surface area (Å²) in [4.78, 5) is 0. The van der Waals surface area contributed by atoms with Gasteiger partial charge >= 0.3 is 0 Å². The van der Waals surface area contributed by atoms with Crippen LogP contribution in [0.15, 0.2) is 30.6 Å². The number of aromatic nitrogens is 2. The summed E-state index contributed by atoms with van der Waals surface area (Å²) >= 11 is 6.13. The highest BCUT2D eigenvalue weighted by Crippen LogP contribution is 2.28. The van der Waals surface area contributed by atoms with Crippen molar-refractivity contribution in [3.8, 4) is 17.2 Å². The molecule has 0 fully saturated rings. The highest BCUT2D eigenvalue weighted by Gasteiger charge is 2.07. The smallest absolute Gasteiger partial charge is 0.128 e. The molecular weight excluding hydrogens is 236 g/mol. The molecule has 2 N–H and O–H groups in total. The molecule has 1 aromatic heterocycles. The fourth-order valence-corrected chi connectivity index (χ4v) is 1.81. The molecule has 17 heavy (non-hydrogen) atoms. The lowest BCUT2D eigenvalue weighted by molar-refractivity contribution is 0.710. The average molecular weight is 247 g/mol. The van der Waals surface area contributed by atoms with E-state index in [9.17, 15) is 0 Å². The summed E-state index contributed by atoms with van der Waals surface area (Å²) in [6, 6.07) is 7.69. The Morgan fingerprint density at radius 3 is 3.00 bits per heavy atom. The van der Waals surface area contributed by atoms with Gasteiger partial charge in [0, 0.05) is 28.9 Å².